The number of ether oxygens (including phenoxy) is 1. The topological polar surface area (TPSA) is 21.3 Å². The van der Waals surface area contributed by atoms with Crippen molar-refractivity contribution in [2.75, 3.05) is 12.9 Å². The molecule has 0 amide bonds. The lowest BCUT2D eigenvalue weighted by Crippen LogP contribution is -2.49. The van der Waals surface area contributed by atoms with E-state index < -0.39 is 0 Å². The highest BCUT2D eigenvalue weighted by molar-refractivity contribution is 7.99. The molecule has 1 heterocycles. The van der Waals surface area contributed by atoms with Gasteiger partial charge in [-0.15, -0.1) is 0 Å². The summed E-state index contributed by atoms with van der Waals surface area (Å²) < 4.78 is 5.87. The van der Waals surface area contributed by atoms with Crippen LogP contribution in [-0.2, 0) is 4.74 Å². The van der Waals surface area contributed by atoms with Gasteiger partial charge in [0.2, 0.25) is 0 Å². The maximum atomic E-state index is 5.87. The van der Waals surface area contributed by atoms with Crippen molar-refractivity contribution in [1.82, 2.24) is 5.32 Å². The van der Waals surface area contributed by atoms with E-state index in [1.165, 1.54) is 38.5 Å². The molecule has 1 aliphatic heterocycles. The minimum Gasteiger partial charge on any atom is -0.378 e. The van der Waals surface area contributed by atoms with Crippen LogP contribution in [0.2, 0.25) is 0 Å². The summed E-state index contributed by atoms with van der Waals surface area (Å²) in [7, 11) is 0. The van der Waals surface area contributed by atoms with Crippen molar-refractivity contribution in [3.05, 3.63) is 0 Å². The van der Waals surface area contributed by atoms with Crippen LogP contribution in [0.4, 0.5) is 0 Å². The third kappa shape index (κ3) is 3.88. The molecule has 18 heavy (non-hydrogen) atoms. The second kappa shape index (κ2) is 7.16. The van der Waals surface area contributed by atoms with E-state index >= 15 is 0 Å². The summed E-state index contributed by atoms with van der Waals surface area (Å²) in [6, 6.07) is 1.42. The van der Waals surface area contributed by atoms with E-state index in [-0.39, 0.29) is 0 Å². The first kappa shape index (κ1) is 14.7. The van der Waals surface area contributed by atoms with Crippen molar-refractivity contribution in [1.29, 1.82) is 0 Å². The molecule has 4 atom stereocenters. The molecule has 1 saturated heterocycles. The third-order valence-electron chi connectivity index (χ3n) is 4.51. The number of thioether (sulfide) groups is 1. The first-order valence-electron chi connectivity index (χ1n) is 7.61. The lowest BCUT2D eigenvalue weighted by atomic mass is 9.91. The minimum atomic E-state index is 0.465. The van der Waals surface area contributed by atoms with Crippen LogP contribution in [0.15, 0.2) is 0 Å². The maximum absolute atomic E-state index is 5.87. The van der Waals surface area contributed by atoms with Crippen molar-refractivity contribution in [2.45, 2.75) is 75.8 Å². The summed E-state index contributed by atoms with van der Waals surface area (Å²) in [5.41, 5.74) is 0. The molecule has 1 N–H and O–H groups in total. The van der Waals surface area contributed by atoms with Crippen molar-refractivity contribution in [3.8, 4) is 0 Å². The third-order valence-corrected chi connectivity index (χ3v) is 5.68. The van der Waals surface area contributed by atoms with E-state index in [1.807, 2.05) is 0 Å². The fourth-order valence-corrected chi connectivity index (χ4v) is 4.26. The van der Waals surface area contributed by atoms with Crippen molar-refractivity contribution in [3.63, 3.8) is 0 Å². The summed E-state index contributed by atoms with van der Waals surface area (Å²) in [5.74, 6) is 0.650. The zero-order chi connectivity index (χ0) is 13.0. The molecule has 106 valence electrons. The Kier molecular flexibility index (Phi) is 5.84. The highest BCUT2D eigenvalue weighted by atomic mass is 32.2. The van der Waals surface area contributed by atoms with Crippen LogP contribution in [0.25, 0.3) is 0 Å². The molecule has 0 bridgehead atoms. The van der Waals surface area contributed by atoms with Gasteiger partial charge in [-0.1, -0.05) is 26.7 Å². The van der Waals surface area contributed by atoms with Crippen molar-refractivity contribution in [2.24, 2.45) is 5.92 Å². The fraction of sp³-hybridized carbons (Fsp3) is 1.00. The largest absolute Gasteiger partial charge is 0.378 e. The van der Waals surface area contributed by atoms with Gasteiger partial charge in [-0.2, -0.15) is 11.8 Å². The molecule has 4 unspecified atom stereocenters. The van der Waals surface area contributed by atoms with E-state index in [9.17, 15) is 0 Å². The lowest BCUT2D eigenvalue weighted by molar-refractivity contribution is -0.0263. The zero-order valence-corrected chi connectivity index (χ0v) is 13.0. The summed E-state index contributed by atoms with van der Waals surface area (Å²) in [6.45, 7) is 5.49. The average Bonchev–Trinajstić information content (AvgIpc) is 2.39. The molecule has 1 saturated carbocycles. The van der Waals surface area contributed by atoms with E-state index in [0.717, 1.165) is 17.9 Å². The Bertz CT molecular complexity index is 247. The maximum Gasteiger partial charge on any atom is 0.0612 e. The second-order valence-corrected chi connectivity index (χ2v) is 7.28. The van der Waals surface area contributed by atoms with Gasteiger partial charge in [0.05, 0.1) is 6.10 Å². The lowest BCUT2D eigenvalue weighted by Gasteiger charge is -2.38. The molecule has 2 rings (SSSR count). The molecule has 0 aromatic rings. The number of hydrogen-bond donors (Lipinski definition) is 1. The molecule has 0 spiro atoms. The molecular weight excluding hydrogens is 242 g/mol. The van der Waals surface area contributed by atoms with E-state index in [0.29, 0.717) is 18.1 Å². The Labute approximate surface area is 117 Å². The first-order valence-corrected chi connectivity index (χ1v) is 8.90. The Hall–Kier alpha value is 0.270. The highest BCUT2D eigenvalue weighted by Crippen LogP contribution is 2.29. The Morgan fingerprint density at radius 3 is 2.67 bits per heavy atom. The second-order valence-electron chi connectivity index (χ2n) is 6.21. The zero-order valence-electron chi connectivity index (χ0n) is 12.2. The van der Waals surface area contributed by atoms with E-state index in [4.69, 9.17) is 4.74 Å². The Morgan fingerprint density at radius 1 is 1.17 bits per heavy atom. The molecule has 3 heteroatoms. The number of hydrogen-bond acceptors (Lipinski definition) is 3. The van der Waals surface area contributed by atoms with Crippen LogP contribution in [0, 0.1) is 5.92 Å². The Balaban J connectivity index is 1.84. The van der Waals surface area contributed by atoms with Gasteiger partial charge in [0.15, 0.2) is 0 Å². The molecule has 0 aromatic carbocycles. The van der Waals surface area contributed by atoms with Crippen LogP contribution < -0.4 is 5.32 Å². The fourth-order valence-electron chi connectivity index (χ4n) is 3.32. The summed E-state index contributed by atoms with van der Waals surface area (Å²) in [6.07, 6.45) is 10.7. The average molecular weight is 271 g/mol. The summed E-state index contributed by atoms with van der Waals surface area (Å²) in [5, 5.41) is 4.78. The van der Waals surface area contributed by atoms with Gasteiger partial charge in [-0.3, -0.25) is 0 Å². The quantitative estimate of drug-likeness (QED) is 0.846. The SMILES string of the molecule is CSC1CCCCC1NC1CCOC(C(C)C)C1. The van der Waals surface area contributed by atoms with E-state index in [2.05, 4.69) is 37.2 Å². The number of rotatable bonds is 4. The van der Waals surface area contributed by atoms with Crippen LogP contribution in [0.1, 0.15) is 52.4 Å². The molecular formula is C15H29NOS. The predicted molar refractivity (Wildman–Crippen MR) is 80.3 cm³/mol. The first-order chi connectivity index (χ1) is 8.70. The summed E-state index contributed by atoms with van der Waals surface area (Å²) in [4.78, 5) is 0. The van der Waals surface area contributed by atoms with Crippen LogP contribution in [0.5, 0.6) is 0 Å². The summed E-state index contributed by atoms with van der Waals surface area (Å²) >= 11 is 2.06. The van der Waals surface area contributed by atoms with Gasteiger partial charge >= 0.3 is 0 Å². The molecule has 0 aromatic heterocycles. The standard InChI is InChI=1S/C15H29NOS/c1-11(2)14-10-12(8-9-17-14)16-13-6-4-5-7-15(13)18-3/h11-16H,4-10H2,1-3H3. The van der Waals surface area contributed by atoms with Gasteiger partial charge < -0.3 is 10.1 Å². The number of nitrogens with one attached hydrogen (secondary N) is 1. The molecule has 0 radical (unpaired) electrons. The Morgan fingerprint density at radius 2 is 1.94 bits per heavy atom. The minimum absolute atomic E-state index is 0.465. The smallest absolute Gasteiger partial charge is 0.0612 e. The molecule has 2 aliphatic rings. The molecule has 1 aliphatic carbocycles. The molecule has 2 fully saturated rings. The molecule has 2 nitrogen and oxygen atoms in total. The normalized spacial score (nSPS) is 38.0. The van der Waals surface area contributed by atoms with Gasteiger partial charge in [0.1, 0.15) is 0 Å². The van der Waals surface area contributed by atoms with Crippen molar-refractivity contribution < 1.29 is 4.74 Å². The van der Waals surface area contributed by atoms with Crippen LogP contribution in [-0.4, -0.2) is 36.3 Å². The van der Waals surface area contributed by atoms with Gasteiger partial charge in [-0.25, -0.2) is 0 Å². The van der Waals surface area contributed by atoms with Gasteiger partial charge in [0.25, 0.3) is 0 Å². The monoisotopic (exact) mass is 271 g/mol. The van der Waals surface area contributed by atoms with E-state index in [1.54, 1.807) is 0 Å². The predicted octanol–water partition coefficient (Wildman–Crippen LogP) is 3.45. The highest BCUT2D eigenvalue weighted by Gasteiger charge is 2.30. The van der Waals surface area contributed by atoms with Crippen molar-refractivity contribution >= 4 is 11.8 Å². The van der Waals surface area contributed by atoms with Crippen LogP contribution in [0.3, 0.4) is 0 Å². The van der Waals surface area contributed by atoms with Gasteiger partial charge in [-0.05, 0) is 37.9 Å². The van der Waals surface area contributed by atoms with Crippen LogP contribution >= 0.6 is 11.8 Å². The van der Waals surface area contributed by atoms with Gasteiger partial charge in [0, 0.05) is 23.9 Å².